The Morgan fingerprint density at radius 2 is 1.90 bits per heavy atom. The lowest BCUT2D eigenvalue weighted by Crippen LogP contribution is -2.49. The van der Waals surface area contributed by atoms with Crippen molar-refractivity contribution in [2.45, 2.75) is 24.9 Å². The lowest BCUT2D eigenvalue weighted by molar-refractivity contribution is 0.0725. The second kappa shape index (κ2) is 9.99. The van der Waals surface area contributed by atoms with Crippen molar-refractivity contribution in [3.8, 4) is 17.2 Å². The van der Waals surface area contributed by atoms with Gasteiger partial charge in [0.15, 0.2) is 0 Å². The number of likely N-dealkylation sites (tertiary alicyclic amines) is 1. The van der Waals surface area contributed by atoms with Crippen molar-refractivity contribution in [1.29, 1.82) is 5.26 Å². The van der Waals surface area contributed by atoms with Crippen molar-refractivity contribution in [2.24, 2.45) is 0 Å². The van der Waals surface area contributed by atoms with Crippen LogP contribution in [0.2, 0.25) is 0 Å². The number of hydrogen-bond donors (Lipinski definition) is 1. The largest absolute Gasteiger partial charge is 0.350 e. The smallest absolute Gasteiger partial charge is 0.272 e. The molecule has 200 valence electrons. The highest BCUT2D eigenvalue weighted by Gasteiger charge is 2.45. The molecule has 0 spiro atoms. The summed E-state index contributed by atoms with van der Waals surface area (Å²) in [7, 11) is 0. The molecule has 1 amide bonds. The lowest BCUT2D eigenvalue weighted by Gasteiger charge is -2.35. The first-order valence-electron chi connectivity index (χ1n) is 13.5. The summed E-state index contributed by atoms with van der Waals surface area (Å²) in [5.74, 6) is 0.864. The number of piperazine rings is 1. The minimum absolute atomic E-state index is 0.0185. The van der Waals surface area contributed by atoms with Gasteiger partial charge in [-0.25, -0.2) is 10.1 Å². The molecular weight excluding hydrogens is 514 g/mol. The molecule has 2 aliphatic heterocycles. The quantitative estimate of drug-likeness (QED) is 0.359. The van der Waals surface area contributed by atoms with Gasteiger partial charge < -0.3 is 9.80 Å². The topological polar surface area (TPSA) is 119 Å². The van der Waals surface area contributed by atoms with Gasteiger partial charge in [0, 0.05) is 54.6 Å². The van der Waals surface area contributed by atoms with Crippen LogP contribution in [0.1, 0.15) is 33.6 Å². The third-order valence-corrected chi connectivity index (χ3v) is 8.08. The summed E-state index contributed by atoms with van der Waals surface area (Å²) in [4.78, 5) is 39.0. The summed E-state index contributed by atoms with van der Waals surface area (Å²) in [5.41, 5.74) is 4.53. The molecule has 5 heterocycles. The SMILES string of the molecule is N#Cc1ccc(N2CC3CC2CN3C(=O)c2cccc(Cc3n[nH]c(=O)c4ccc(-c5cccnc5)cc34)c2)nc1. The maximum Gasteiger partial charge on any atom is 0.272 e. The van der Waals surface area contributed by atoms with Crippen LogP contribution in [-0.4, -0.2) is 56.1 Å². The number of fused-ring (bicyclic) bond motifs is 3. The maximum atomic E-state index is 13.6. The first-order chi connectivity index (χ1) is 20.1. The Morgan fingerprint density at radius 3 is 2.66 bits per heavy atom. The molecule has 0 saturated carbocycles. The number of benzene rings is 2. The van der Waals surface area contributed by atoms with Crippen LogP contribution in [0.3, 0.4) is 0 Å². The van der Waals surface area contributed by atoms with Gasteiger partial charge in [0.2, 0.25) is 0 Å². The van der Waals surface area contributed by atoms with E-state index in [1.54, 1.807) is 24.7 Å². The normalized spacial score (nSPS) is 17.6. The number of nitrogens with one attached hydrogen (secondary N) is 1. The molecule has 3 aromatic heterocycles. The number of H-pyrrole nitrogens is 1. The number of nitriles is 1. The fourth-order valence-electron chi connectivity index (χ4n) is 6.06. The van der Waals surface area contributed by atoms with Crippen molar-refractivity contribution < 1.29 is 4.79 Å². The number of aromatic amines is 1. The number of amides is 1. The molecule has 2 fully saturated rings. The fourth-order valence-corrected chi connectivity index (χ4v) is 6.06. The zero-order valence-electron chi connectivity index (χ0n) is 22.1. The van der Waals surface area contributed by atoms with Crippen LogP contribution in [0.4, 0.5) is 5.82 Å². The first-order valence-corrected chi connectivity index (χ1v) is 13.5. The Morgan fingerprint density at radius 1 is 0.976 bits per heavy atom. The van der Waals surface area contributed by atoms with Gasteiger partial charge in [-0.3, -0.25) is 14.6 Å². The number of rotatable bonds is 5. The van der Waals surface area contributed by atoms with Crippen LogP contribution >= 0.6 is 0 Å². The molecular formula is C32H25N7O2. The monoisotopic (exact) mass is 539 g/mol. The number of pyridine rings is 2. The van der Waals surface area contributed by atoms with Gasteiger partial charge in [-0.15, -0.1) is 0 Å². The van der Waals surface area contributed by atoms with Crippen molar-refractivity contribution in [3.63, 3.8) is 0 Å². The Hall–Kier alpha value is -5.36. The zero-order chi connectivity index (χ0) is 27.9. The molecule has 7 rings (SSSR count). The zero-order valence-corrected chi connectivity index (χ0v) is 22.1. The summed E-state index contributed by atoms with van der Waals surface area (Å²) in [6.45, 7) is 1.36. The number of hydrogen-bond acceptors (Lipinski definition) is 7. The van der Waals surface area contributed by atoms with Crippen molar-refractivity contribution in [1.82, 2.24) is 25.1 Å². The van der Waals surface area contributed by atoms with Crippen LogP contribution in [0.5, 0.6) is 0 Å². The van der Waals surface area contributed by atoms with Gasteiger partial charge in [0.05, 0.1) is 28.7 Å². The highest BCUT2D eigenvalue weighted by molar-refractivity contribution is 5.95. The molecule has 9 nitrogen and oxygen atoms in total. The van der Waals surface area contributed by atoms with Crippen molar-refractivity contribution in [3.05, 3.63) is 118 Å². The average molecular weight is 540 g/mol. The Labute approximate surface area is 235 Å². The summed E-state index contributed by atoms with van der Waals surface area (Å²) in [6, 6.07) is 23.3. The summed E-state index contributed by atoms with van der Waals surface area (Å²) in [6.07, 6.45) is 6.48. The molecule has 2 aliphatic rings. The van der Waals surface area contributed by atoms with Gasteiger partial charge >= 0.3 is 0 Å². The van der Waals surface area contributed by atoms with Gasteiger partial charge in [-0.2, -0.15) is 10.4 Å². The molecule has 0 radical (unpaired) electrons. The van der Waals surface area contributed by atoms with Crippen molar-refractivity contribution in [2.75, 3.05) is 18.0 Å². The Bertz CT molecular complexity index is 1880. The molecule has 2 aromatic carbocycles. The van der Waals surface area contributed by atoms with Gasteiger partial charge in [-0.05, 0) is 60.0 Å². The molecule has 41 heavy (non-hydrogen) atoms. The van der Waals surface area contributed by atoms with Gasteiger partial charge in [0.25, 0.3) is 11.5 Å². The average Bonchev–Trinajstić information content (AvgIpc) is 3.64. The number of aromatic nitrogens is 4. The highest BCUT2D eigenvalue weighted by atomic mass is 16.2. The molecule has 9 heteroatoms. The standard InChI is InChI=1S/C32H25N7O2/c33-15-21-6-9-30(35-16-21)38-18-26-14-25(38)19-39(26)32(41)23-4-1-3-20(11-23)12-29-28-13-22(24-5-2-10-34-17-24)7-8-27(28)31(40)37-36-29/h1-11,13,16-17,25-26H,12,14,18-19H2,(H,37,40). The first kappa shape index (κ1) is 24.7. The molecule has 2 unspecified atom stereocenters. The van der Waals surface area contributed by atoms with E-state index in [-0.39, 0.29) is 23.6 Å². The van der Waals surface area contributed by atoms with Crippen LogP contribution in [0, 0.1) is 11.3 Å². The lowest BCUT2D eigenvalue weighted by atomic mass is 9.99. The maximum absolute atomic E-state index is 13.6. The Balaban J connectivity index is 1.12. The third-order valence-electron chi connectivity index (χ3n) is 8.08. The number of carbonyl (C=O) groups excluding carboxylic acids is 1. The van der Waals surface area contributed by atoms with E-state index < -0.39 is 0 Å². The van der Waals surface area contributed by atoms with Gasteiger partial charge in [0.1, 0.15) is 11.9 Å². The van der Waals surface area contributed by atoms with E-state index in [2.05, 4.69) is 31.1 Å². The van der Waals surface area contributed by atoms with E-state index in [0.29, 0.717) is 29.5 Å². The number of anilines is 1. The van der Waals surface area contributed by atoms with E-state index >= 15 is 0 Å². The predicted octanol–water partition coefficient (Wildman–Crippen LogP) is 3.95. The van der Waals surface area contributed by atoms with Crippen LogP contribution in [0.15, 0.2) is 90.1 Å². The Kier molecular flexibility index (Phi) is 6.01. The number of nitrogens with zero attached hydrogens (tertiary/aromatic N) is 6. The summed E-state index contributed by atoms with van der Waals surface area (Å²) < 4.78 is 0. The second-order valence-electron chi connectivity index (χ2n) is 10.5. The van der Waals surface area contributed by atoms with Crippen LogP contribution < -0.4 is 10.5 Å². The third kappa shape index (κ3) is 4.49. The van der Waals surface area contributed by atoms with E-state index in [1.807, 2.05) is 65.6 Å². The molecule has 2 atom stereocenters. The van der Waals surface area contributed by atoms with E-state index in [4.69, 9.17) is 5.26 Å². The molecule has 2 saturated heterocycles. The van der Waals surface area contributed by atoms with Crippen LogP contribution in [0.25, 0.3) is 21.9 Å². The molecule has 2 bridgehead atoms. The van der Waals surface area contributed by atoms with E-state index in [1.165, 1.54) is 0 Å². The van der Waals surface area contributed by atoms with Crippen LogP contribution in [-0.2, 0) is 6.42 Å². The predicted molar refractivity (Wildman–Crippen MR) is 154 cm³/mol. The summed E-state index contributed by atoms with van der Waals surface area (Å²) >= 11 is 0. The minimum Gasteiger partial charge on any atom is -0.350 e. The van der Waals surface area contributed by atoms with E-state index in [0.717, 1.165) is 46.6 Å². The van der Waals surface area contributed by atoms with Gasteiger partial charge in [-0.1, -0.05) is 24.3 Å². The summed E-state index contributed by atoms with van der Waals surface area (Å²) in [5, 5.41) is 17.4. The molecule has 5 aromatic rings. The van der Waals surface area contributed by atoms with Crippen molar-refractivity contribution >= 4 is 22.5 Å². The second-order valence-corrected chi connectivity index (χ2v) is 10.5. The fraction of sp³-hybridized carbons (Fsp3) is 0.188. The molecule has 0 aliphatic carbocycles. The minimum atomic E-state index is -0.236. The molecule has 1 N–H and O–H groups in total. The number of carbonyl (C=O) groups is 1. The highest BCUT2D eigenvalue weighted by Crippen LogP contribution is 2.35. The van der Waals surface area contributed by atoms with E-state index in [9.17, 15) is 9.59 Å².